The fourth-order valence-corrected chi connectivity index (χ4v) is 8.89. The molecule has 0 aliphatic heterocycles. The first kappa shape index (κ1) is 51.2. The molecular formula is C31H35FN8O18S6. The number of nitrogens with zero attached hydrogens (tertiary/aromatic N) is 4. The van der Waals surface area contributed by atoms with E-state index in [1.165, 1.54) is 17.0 Å². The van der Waals surface area contributed by atoms with E-state index < -0.39 is 118 Å². The summed E-state index contributed by atoms with van der Waals surface area (Å²) in [5.41, 5.74) is 10.8. The Balaban J connectivity index is 0.000000341. The van der Waals surface area contributed by atoms with Crippen molar-refractivity contribution in [3.63, 3.8) is 0 Å². The predicted molar refractivity (Wildman–Crippen MR) is 227 cm³/mol. The van der Waals surface area contributed by atoms with E-state index in [0.717, 1.165) is 18.2 Å². The fraction of sp³-hybridized carbons (Fsp3) is 0.194. The zero-order valence-corrected chi connectivity index (χ0v) is 36.8. The van der Waals surface area contributed by atoms with Crippen molar-refractivity contribution in [3.05, 3.63) is 72.8 Å². The predicted octanol–water partition coefficient (Wildman–Crippen LogP) is 1.56. The molecule has 0 aliphatic rings. The minimum absolute atomic E-state index is 0.0357. The molecule has 1 unspecified atom stereocenters. The standard InChI is InChI=1S/C20H23FN6O11S4.C11H12N2O7S2/c21-18-24-19(23-15-11-14(22)16(40(29,30)31)12-17(15)41(32,33)34)26-20(25-18)27(13-5-2-1-3-6-13)7-4-9-39(28)10-8-38-42(35,36)37;12-11-8(13-5-21(15,16)17)2-1-6-3-7(22(18,19)20)4-9(14)10(6)11/h1-3,5-6,11-12H,4,7-10,22H2,(H,29,30,31)(H,32,33,34)(H,35,36,37)(H,23,24,25,26);1-4,13-14H,5,12H2,(H,15,16,17)(H,18,19,20). The summed E-state index contributed by atoms with van der Waals surface area (Å²) in [6.45, 7) is -0.465. The summed E-state index contributed by atoms with van der Waals surface area (Å²) in [6.07, 6.45) is -1.14. The molecular weight excluding hydrogens is 984 g/mol. The Labute approximate surface area is 365 Å². The van der Waals surface area contributed by atoms with Crippen molar-refractivity contribution in [1.82, 2.24) is 15.0 Å². The summed E-state index contributed by atoms with van der Waals surface area (Å²) < 4.78 is 188. The molecule has 12 N–H and O–H groups in total. The molecule has 0 saturated carbocycles. The highest BCUT2D eigenvalue weighted by atomic mass is 32.3. The van der Waals surface area contributed by atoms with Gasteiger partial charge in [0.2, 0.25) is 11.9 Å². The highest BCUT2D eigenvalue weighted by molar-refractivity contribution is 7.87. The maximum Gasteiger partial charge on any atom is 0.397 e. The van der Waals surface area contributed by atoms with Crippen LogP contribution < -0.4 is 27.0 Å². The Hall–Kier alpha value is -5.46. The first-order valence-electron chi connectivity index (χ1n) is 17.0. The number of benzene rings is 4. The van der Waals surface area contributed by atoms with Gasteiger partial charge in [0, 0.05) is 46.0 Å². The number of nitrogens with two attached hydrogens (primary N) is 2. The number of halogens is 1. The zero-order chi connectivity index (χ0) is 48.0. The Bertz CT molecular complexity index is 3150. The third kappa shape index (κ3) is 14.8. The topological polar surface area (TPSA) is 436 Å². The van der Waals surface area contributed by atoms with Gasteiger partial charge in [-0.2, -0.15) is 61.4 Å². The molecule has 0 amide bonds. The van der Waals surface area contributed by atoms with Crippen LogP contribution in [0.15, 0.2) is 81.4 Å². The highest BCUT2D eigenvalue weighted by Gasteiger charge is 2.25. The van der Waals surface area contributed by atoms with E-state index in [9.17, 15) is 64.9 Å². The molecule has 0 radical (unpaired) electrons. The smallest absolute Gasteiger partial charge is 0.397 e. The van der Waals surface area contributed by atoms with Crippen LogP contribution in [0.2, 0.25) is 0 Å². The average molecular weight is 1020 g/mol. The summed E-state index contributed by atoms with van der Waals surface area (Å²) >= 11 is 0. The molecule has 64 heavy (non-hydrogen) atoms. The quantitative estimate of drug-likeness (QED) is 0.0440. The number of aromatic nitrogens is 3. The molecule has 1 atom stereocenters. The largest absolute Gasteiger partial charge is 0.507 e. The van der Waals surface area contributed by atoms with E-state index in [4.69, 9.17) is 25.1 Å². The second kappa shape index (κ2) is 20.2. The number of phenols is 1. The first-order valence-corrected chi connectivity index (χ1v) is 25.8. The summed E-state index contributed by atoms with van der Waals surface area (Å²) in [4.78, 5) is 10.0. The van der Waals surface area contributed by atoms with Gasteiger partial charge < -0.3 is 32.1 Å². The number of para-hydroxylation sites is 1. The van der Waals surface area contributed by atoms with Crippen molar-refractivity contribution in [3.8, 4) is 5.75 Å². The lowest BCUT2D eigenvalue weighted by Gasteiger charge is -2.23. The molecule has 5 aromatic rings. The van der Waals surface area contributed by atoms with Gasteiger partial charge in [-0.15, -0.1) is 0 Å². The van der Waals surface area contributed by atoms with Gasteiger partial charge in [0.15, 0.2) is 0 Å². The van der Waals surface area contributed by atoms with Crippen LogP contribution in [0.25, 0.3) is 10.8 Å². The molecule has 4 aromatic carbocycles. The van der Waals surface area contributed by atoms with Gasteiger partial charge >= 0.3 is 16.5 Å². The Morgan fingerprint density at radius 3 is 1.97 bits per heavy atom. The molecule has 1 aromatic heterocycles. The lowest BCUT2D eigenvalue weighted by atomic mass is 10.1. The normalized spacial score (nSPS) is 12.8. The molecule has 350 valence electrons. The summed E-state index contributed by atoms with van der Waals surface area (Å²) in [5, 5.41) is 14.9. The second-order valence-corrected chi connectivity index (χ2v) is 21.0. The minimum atomic E-state index is -5.12. The van der Waals surface area contributed by atoms with Gasteiger partial charge in [0.1, 0.15) is 21.4 Å². The van der Waals surface area contributed by atoms with Crippen molar-refractivity contribution in [2.45, 2.75) is 21.1 Å². The molecule has 0 spiro atoms. The molecule has 26 nitrogen and oxygen atoms in total. The van der Waals surface area contributed by atoms with E-state index >= 15 is 0 Å². The minimum Gasteiger partial charge on any atom is -0.507 e. The lowest BCUT2D eigenvalue weighted by molar-refractivity contribution is 0.284. The third-order valence-electron chi connectivity index (χ3n) is 7.97. The van der Waals surface area contributed by atoms with E-state index in [0.29, 0.717) is 11.8 Å². The van der Waals surface area contributed by atoms with Crippen LogP contribution in [0.3, 0.4) is 0 Å². The Morgan fingerprint density at radius 2 is 1.39 bits per heavy atom. The van der Waals surface area contributed by atoms with Crippen LogP contribution in [-0.4, -0.2) is 120 Å². The molecule has 0 aliphatic carbocycles. The SMILES string of the molecule is Nc1c(NCS(=O)(=O)O)ccc2cc(S(=O)(=O)O)cc(O)c12.Nc1cc(Nc2nc(F)nc(N(CCCS(=O)CCOS(=O)(=O)O)c3ccccc3)n2)c(S(=O)(=O)O)cc1S(=O)(=O)O. The monoisotopic (exact) mass is 1020 g/mol. The second-order valence-electron chi connectivity index (χ2n) is 12.6. The van der Waals surface area contributed by atoms with Gasteiger partial charge in [0.05, 0.1) is 34.3 Å². The van der Waals surface area contributed by atoms with Crippen molar-refractivity contribution in [1.29, 1.82) is 0 Å². The van der Waals surface area contributed by atoms with Gasteiger partial charge in [0.25, 0.3) is 40.5 Å². The van der Waals surface area contributed by atoms with Gasteiger partial charge in [-0.05, 0) is 48.2 Å². The maximum absolute atomic E-state index is 14.6. The zero-order valence-electron chi connectivity index (χ0n) is 31.9. The van der Waals surface area contributed by atoms with E-state index in [2.05, 4.69) is 29.8 Å². The summed E-state index contributed by atoms with van der Waals surface area (Å²) in [7, 11) is -25.1. The van der Waals surface area contributed by atoms with Crippen molar-refractivity contribution in [2.24, 2.45) is 0 Å². The number of nitrogen functional groups attached to an aromatic ring is 2. The first-order chi connectivity index (χ1) is 29.4. The van der Waals surface area contributed by atoms with Crippen molar-refractivity contribution in [2.75, 3.05) is 57.5 Å². The summed E-state index contributed by atoms with van der Waals surface area (Å²) in [5.74, 6) is -2.34. The number of fused-ring (bicyclic) bond motifs is 1. The van der Waals surface area contributed by atoms with Gasteiger partial charge in [-0.3, -0.25) is 27.0 Å². The van der Waals surface area contributed by atoms with Gasteiger partial charge in [-0.25, -0.2) is 4.18 Å². The number of hydrogen-bond donors (Lipinski definition) is 10. The molecule has 5 rings (SSSR count). The van der Waals surface area contributed by atoms with Crippen LogP contribution >= 0.6 is 0 Å². The van der Waals surface area contributed by atoms with Gasteiger partial charge in [-0.1, -0.05) is 24.3 Å². The van der Waals surface area contributed by atoms with Crippen LogP contribution in [0, 0.1) is 6.08 Å². The number of phenolic OH excluding ortho intramolecular Hbond substituents is 1. The Morgan fingerprint density at radius 1 is 0.750 bits per heavy atom. The Kier molecular flexibility index (Phi) is 16.1. The van der Waals surface area contributed by atoms with Crippen LogP contribution in [0.4, 0.5) is 44.7 Å². The fourth-order valence-electron chi connectivity index (χ4n) is 5.34. The number of aromatic hydroxyl groups is 1. The average Bonchev–Trinajstić information content (AvgIpc) is 3.14. The van der Waals surface area contributed by atoms with Crippen LogP contribution in [0.1, 0.15) is 6.42 Å². The van der Waals surface area contributed by atoms with Crippen LogP contribution in [-0.2, 0) is 65.9 Å². The maximum atomic E-state index is 14.6. The van der Waals surface area contributed by atoms with Crippen LogP contribution in [0.5, 0.6) is 5.75 Å². The molecule has 0 fully saturated rings. The number of anilines is 7. The highest BCUT2D eigenvalue weighted by Crippen LogP contribution is 2.37. The number of rotatable bonds is 18. The molecule has 1 heterocycles. The molecule has 33 heteroatoms. The van der Waals surface area contributed by atoms with Crippen molar-refractivity contribution >= 4 is 113 Å². The molecule has 0 saturated heterocycles. The van der Waals surface area contributed by atoms with E-state index in [1.807, 2.05) is 0 Å². The number of hydrogen-bond acceptors (Lipinski definition) is 21. The van der Waals surface area contributed by atoms with E-state index in [-0.39, 0.29) is 52.6 Å². The third-order valence-corrected chi connectivity index (χ3v) is 12.9. The number of nitrogens with one attached hydrogen (secondary N) is 2. The van der Waals surface area contributed by atoms with E-state index in [1.54, 1.807) is 30.3 Å². The summed E-state index contributed by atoms with van der Waals surface area (Å²) in [6, 6.07) is 14.0. The molecule has 0 bridgehead atoms. The van der Waals surface area contributed by atoms with Crippen molar-refractivity contribution < 1.29 is 82.7 Å². The lowest BCUT2D eigenvalue weighted by Crippen LogP contribution is -2.24.